The summed E-state index contributed by atoms with van der Waals surface area (Å²) in [4.78, 5) is 15.3. The van der Waals surface area contributed by atoms with Crippen molar-refractivity contribution in [3.63, 3.8) is 0 Å². The Bertz CT molecular complexity index is 888. The summed E-state index contributed by atoms with van der Waals surface area (Å²) in [6.45, 7) is 3.04. The van der Waals surface area contributed by atoms with Gasteiger partial charge in [-0.1, -0.05) is 36.4 Å². The van der Waals surface area contributed by atoms with Gasteiger partial charge < -0.3 is 15.0 Å². The highest BCUT2D eigenvalue weighted by atomic mass is 32.1. The van der Waals surface area contributed by atoms with Crippen LogP contribution in [0.2, 0.25) is 0 Å². The van der Waals surface area contributed by atoms with E-state index in [1.54, 1.807) is 11.3 Å². The Labute approximate surface area is 163 Å². The van der Waals surface area contributed by atoms with Crippen LogP contribution in [0.25, 0.3) is 10.8 Å². The Kier molecular flexibility index (Phi) is 5.82. The summed E-state index contributed by atoms with van der Waals surface area (Å²) in [6.07, 6.45) is 2.49. The molecule has 0 bridgehead atoms. The lowest BCUT2D eigenvalue weighted by Gasteiger charge is -2.21. The van der Waals surface area contributed by atoms with Gasteiger partial charge in [0.2, 0.25) is 0 Å². The minimum absolute atomic E-state index is 0.0508. The average molecular weight is 382 g/mol. The highest BCUT2D eigenvalue weighted by molar-refractivity contribution is 7.09. The first-order chi connectivity index (χ1) is 13.3. The van der Waals surface area contributed by atoms with Crippen molar-refractivity contribution in [2.24, 2.45) is 0 Å². The molecule has 1 fully saturated rings. The predicted molar refractivity (Wildman–Crippen MR) is 110 cm³/mol. The van der Waals surface area contributed by atoms with Crippen molar-refractivity contribution in [3.05, 3.63) is 64.9 Å². The van der Waals surface area contributed by atoms with E-state index >= 15 is 0 Å². The Hall–Kier alpha value is -2.21. The number of hydrogen-bond acceptors (Lipinski definition) is 3. The van der Waals surface area contributed by atoms with Gasteiger partial charge in [-0.3, -0.25) is 4.79 Å². The van der Waals surface area contributed by atoms with Crippen LogP contribution in [0.5, 0.6) is 0 Å². The molecule has 1 amide bonds. The van der Waals surface area contributed by atoms with Crippen LogP contribution in [-0.2, 0) is 16.1 Å². The summed E-state index contributed by atoms with van der Waals surface area (Å²) in [7, 11) is 0. The summed E-state index contributed by atoms with van der Waals surface area (Å²) >= 11 is 1.75. The van der Waals surface area contributed by atoms with Crippen molar-refractivity contribution in [1.29, 1.82) is 0 Å². The van der Waals surface area contributed by atoms with E-state index in [-0.39, 0.29) is 12.0 Å². The van der Waals surface area contributed by atoms with Gasteiger partial charge in [0.1, 0.15) is 19.2 Å². The monoisotopic (exact) mass is 381 g/mol. The van der Waals surface area contributed by atoms with Gasteiger partial charge in [-0.15, -0.1) is 11.3 Å². The molecule has 1 aliphatic heterocycles. The number of benzene rings is 2. The molecule has 0 aliphatic carbocycles. The summed E-state index contributed by atoms with van der Waals surface area (Å²) in [5.74, 6) is 0.0508. The van der Waals surface area contributed by atoms with Crippen LogP contribution in [0, 0.1) is 0 Å². The summed E-state index contributed by atoms with van der Waals surface area (Å²) in [5.41, 5.74) is 0.853. The molecule has 4 nitrogen and oxygen atoms in total. The minimum atomic E-state index is 0.0508. The second-order valence-corrected chi connectivity index (χ2v) is 8.16. The number of hydrogen-bond donors (Lipinski definition) is 2. The molecule has 1 saturated heterocycles. The zero-order valence-corrected chi connectivity index (χ0v) is 16.1. The lowest BCUT2D eigenvalue weighted by Crippen LogP contribution is -3.12. The largest absolute Gasteiger partial charge is 0.372 e. The van der Waals surface area contributed by atoms with Crippen LogP contribution < -0.4 is 10.2 Å². The SMILES string of the molecule is O=C(C[NH+](Cc1cccs1)C[C@@H]1CCCO1)Nc1ccc2ccccc2c1. The van der Waals surface area contributed by atoms with E-state index in [0.717, 1.165) is 43.6 Å². The second kappa shape index (κ2) is 8.65. The lowest BCUT2D eigenvalue weighted by molar-refractivity contribution is -0.908. The Balaban J connectivity index is 1.41. The maximum Gasteiger partial charge on any atom is 0.279 e. The molecule has 0 spiro atoms. The van der Waals surface area contributed by atoms with E-state index in [2.05, 4.69) is 35.0 Å². The van der Waals surface area contributed by atoms with Crippen molar-refractivity contribution in [2.75, 3.05) is 25.0 Å². The molecule has 0 saturated carbocycles. The lowest BCUT2D eigenvalue weighted by atomic mass is 10.1. The number of anilines is 1. The molecule has 4 rings (SSSR count). The first-order valence-electron chi connectivity index (χ1n) is 9.52. The third-order valence-corrected chi connectivity index (χ3v) is 5.86. The van der Waals surface area contributed by atoms with Crippen molar-refractivity contribution in [2.45, 2.75) is 25.5 Å². The fourth-order valence-electron chi connectivity index (χ4n) is 3.69. The molecule has 1 aliphatic rings. The molecule has 1 aromatic heterocycles. The molecule has 2 heterocycles. The van der Waals surface area contributed by atoms with Crippen molar-refractivity contribution in [1.82, 2.24) is 0 Å². The van der Waals surface area contributed by atoms with Gasteiger partial charge >= 0.3 is 0 Å². The molecule has 2 atom stereocenters. The fourth-order valence-corrected chi connectivity index (χ4v) is 4.47. The van der Waals surface area contributed by atoms with E-state index in [0.29, 0.717) is 6.54 Å². The number of thiophene rings is 1. The summed E-state index contributed by atoms with van der Waals surface area (Å²) < 4.78 is 5.80. The molecule has 3 aromatic rings. The van der Waals surface area contributed by atoms with Gasteiger partial charge in [-0.25, -0.2) is 0 Å². The zero-order valence-electron chi connectivity index (χ0n) is 15.3. The zero-order chi connectivity index (χ0) is 18.5. The van der Waals surface area contributed by atoms with E-state index in [1.165, 1.54) is 15.2 Å². The molecule has 1 unspecified atom stereocenters. The van der Waals surface area contributed by atoms with Crippen LogP contribution in [0.4, 0.5) is 5.69 Å². The minimum Gasteiger partial charge on any atom is -0.372 e. The number of fused-ring (bicyclic) bond motifs is 1. The smallest absolute Gasteiger partial charge is 0.279 e. The average Bonchev–Trinajstić information content (AvgIpc) is 3.36. The number of amides is 1. The molecular formula is C22H25N2O2S+. The number of rotatable bonds is 7. The third-order valence-electron chi connectivity index (χ3n) is 4.99. The first-order valence-corrected chi connectivity index (χ1v) is 10.4. The number of ether oxygens (including phenoxy) is 1. The molecule has 2 aromatic carbocycles. The predicted octanol–water partition coefficient (Wildman–Crippen LogP) is 3.10. The topological polar surface area (TPSA) is 42.8 Å². The highest BCUT2D eigenvalue weighted by Gasteiger charge is 2.24. The Morgan fingerprint density at radius 2 is 2.04 bits per heavy atom. The van der Waals surface area contributed by atoms with E-state index < -0.39 is 0 Å². The summed E-state index contributed by atoms with van der Waals surface area (Å²) in [6, 6.07) is 18.4. The van der Waals surface area contributed by atoms with Gasteiger partial charge in [-0.05, 0) is 47.2 Å². The van der Waals surface area contributed by atoms with E-state index in [1.807, 2.05) is 30.3 Å². The fraction of sp³-hybridized carbons (Fsp3) is 0.318. The molecule has 27 heavy (non-hydrogen) atoms. The Morgan fingerprint density at radius 3 is 2.81 bits per heavy atom. The van der Waals surface area contributed by atoms with Crippen LogP contribution in [0.3, 0.4) is 0 Å². The van der Waals surface area contributed by atoms with Crippen LogP contribution in [0.15, 0.2) is 60.0 Å². The highest BCUT2D eigenvalue weighted by Crippen LogP contribution is 2.18. The quantitative estimate of drug-likeness (QED) is 0.660. The van der Waals surface area contributed by atoms with Gasteiger partial charge in [-0.2, -0.15) is 0 Å². The normalized spacial score (nSPS) is 17.9. The van der Waals surface area contributed by atoms with Crippen molar-refractivity contribution in [3.8, 4) is 0 Å². The van der Waals surface area contributed by atoms with Gasteiger partial charge in [0.05, 0.1) is 4.88 Å². The molecule has 140 valence electrons. The third kappa shape index (κ3) is 4.95. The van der Waals surface area contributed by atoms with Crippen molar-refractivity contribution >= 4 is 33.7 Å². The van der Waals surface area contributed by atoms with Gasteiger partial charge in [0, 0.05) is 12.3 Å². The van der Waals surface area contributed by atoms with Gasteiger partial charge in [0.15, 0.2) is 6.54 Å². The maximum absolute atomic E-state index is 12.7. The Morgan fingerprint density at radius 1 is 1.15 bits per heavy atom. The summed E-state index contributed by atoms with van der Waals surface area (Å²) in [5, 5.41) is 7.48. The van der Waals surface area contributed by atoms with Crippen LogP contribution in [-0.4, -0.2) is 31.7 Å². The number of carbonyl (C=O) groups is 1. The standard InChI is InChI=1S/C22H24N2O2S/c25-22(23-19-10-9-17-5-1-2-6-18(17)13-19)16-24(14-20-7-3-11-26-20)15-21-8-4-12-27-21/h1-2,4-6,8-10,12-13,20H,3,7,11,14-16H2,(H,23,25)/p+1/t20-/m0/s1. The van der Waals surface area contributed by atoms with Crippen LogP contribution >= 0.6 is 11.3 Å². The number of carbonyl (C=O) groups excluding carboxylic acids is 1. The van der Waals surface area contributed by atoms with Crippen LogP contribution in [0.1, 0.15) is 17.7 Å². The maximum atomic E-state index is 12.7. The number of nitrogens with one attached hydrogen (secondary N) is 2. The van der Waals surface area contributed by atoms with E-state index in [4.69, 9.17) is 4.74 Å². The molecular weight excluding hydrogens is 356 g/mol. The van der Waals surface area contributed by atoms with Gasteiger partial charge in [0.25, 0.3) is 5.91 Å². The number of quaternary nitrogens is 1. The first kappa shape index (κ1) is 18.2. The second-order valence-electron chi connectivity index (χ2n) is 7.13. The molecule has 0 radical (unpaired) electrons. The van der Waals surface area contributed by atoms with Crippen molar-refractivity contribution < 1.29 is 14.4 Å². The molecule has 5 heteroatoms. The van der Waals surface area contributed by atoms with E-state index in [9.17, 15) is 4.79 Å². The molecule has 2 N–H and O–H groups in total.